The van der Waals surface area contributed by atoms with E-state index in [4.69, 9.17) is 4.74 Å². The Morgan fingerprint density at radius 1 is 1.00 bits per heavy atom. The summed E-state index contributed by atoms with van der Waals surface area (Å²) in [7, 11) is 1.67. The summed E-state index contributed by atoms with van der Waals surface area (Å²) in [6.45, 7) is 0. The van der Waals surface area contributed by atoms with Gasteiger partial charge in [0.2, 0.25) is 0 Å². The molecule has 0 saturated carbocycles. The van der Waals surface area contributed by atoms with Crippen LogP contribution in [0.2, 0.25) is 0 Å². The SMILES string of the molecule is COc1ccc(-c2[c-]cccc2)cc1.[Li+]. The zero-order valence-corrected chi connectivity index (χ0v) is 9.03. The first-order chi connectivity index (χ1) is 6.90. The average Bonchev–Trinajstić information content (AvgIpc) is 2.30. The Bertz CT molecular complexity index is 395. The van der Waals surface area contributed by atoms with Crippen molar-refractivity contribution in [3.05, 3.63) is 54.6 Å². The van der Waals surface area contributed by atoms with E-state index in [0.717, 1.165) is 16.9 Å². The minimum absolute atomic E-state index is 0. The fourth-order valence-electron chi connectivity index (χ4n) is 1.34. The Kier molecular flexibility index (Phi) is 4.49. The summed E-state index contributed by atoms with van der Waals surface area (Å²) < 4.78 is 5.09. The molecule has 0 N–H and O–H groups in total. The summed E-state index contributed by atoms with van der Waals surface area (Å²) in [6.07, 6.45) is 0. The van der Waals surface area contributed by atoms with Gasteiger partial charge in [-0.15, -0.1) is 35.9 Å². The largest absolute Gasteiger partial charge is 1.00 e. The summed E-state index contributed by atoms with van der Waals surface area (Å²) in [5, 5.41) is 0. The van der Waals surface area contributed by atoms with Gasteiger partial charge in [0, 0.05) is 0 Å². The van der Waals surface area contributed by atoms with E-state index >= 15 is 0 Å². The molecule has 0 aliphatic rings. The van der Waals surface area contributed by atoms with Gasteiger partial charge in [0.25, 0.3) is 0 Å². The van der Waals surface area contributed by atoms with Crippen LogP contribution in [0, 0.1) is 6.07 Å². The summed E-state index contributed by atoms with van der Waals surface area (Å²) in [5.74, 6) is 0.879. The molecule has 2 rings (SSSR count). The van der Waals surface area contributed by atoms with Crippen LogP contribution in [0.1, 0.15) is 0 Å². The summed E-state index contributed by atoms with van der Waals surface area (Å²) >= 11 is 0. The Labute approximate surface area is 102 Å². The third-order valence-corrected chi connectivity index (χ3v) is 2.11. The van der Waals surface area contributed by atoms with Gasteiger partial charge in [-0.25, -0.2) is 0 Å². The molecule has 0 spiro atoms. The van der Waals surface area contributed by atoms with Gasteiger partial charge in [0.1, 0.15) is 5.75 Å². The molecule has 0 aliphatic heterocycles. The van der Waals surface area contributed by atoms with E-state index in [1.54, 1.807) is 7.11 Å². The van der Waals surface area contributed by atoms with Crippen molar-refractivity contribution in [2.24, 2.45) is 0 Å². The predicted molar refractivity (Wildman–Crippen MR) is 57.3 cm³/mol. The monoisotopic (exact) mass is 190 g/mol. The third kappa shape index (κ3) is 2.89. The molecule has 0 amide bonds. The molecule has 2 aromatic rings. The minimum atomic E-state index is 0. The maximum absolute atomic E-state index is 5.09. The van der Waals surface area contributed by atoms with Crippen molar-refractivity contribution < 1.29 is 23.6 Å². The van der Waals surface area contributed by atoms with Gasteiger partial charge in [-0.05, 0) is 12.1 Å². The standard InChI is InChI=1S/C13H11O.Li/c1-14-13-9-7-12(8-10-13)11-5-3-2-4-6-11;/h2-5,7-10H,1H3;/q-1;+1. The molecule has 0 saturated heterocycles. The van der Waals surface area contributed by atoms with Gasteiger partial charge in [0.15, 0.2) is 0 Å². The van der Waals surface area contributed by atoms with Crippen molar-refractivity contribution in [1.29, 1.82) is 0 Å². The molecule has 70 valence electrons. The van der Waals surface area contributed by atoms with Gasteiger partial charge < -0.3 is 4.74 Å². The molecule has 0 bridgehead atoms. The van der Waals surface area contributed by atoms with Crippen LogP contribution in [0.5, 0.6) is 5.75 Å². The van der Waals surface area contributed by atoms with E-state index < -0.39 is 0 Å². The van der Waals surface area contributed by atoms with E-state index in [-0.39, 0.29) is 18.9 Å². The number of benzene rings is 2. The second-order valence-electron chi connectivity index (χ2n) is 3.00. The Morgan fingerprint density at radius 2 is 1.73 bits per heavy atom. The fraction of sp³-hybridized carbons (Fsp3) is 0.0769. The van der Waals surface area contributed by atoms with Crippen LogP contribution in [0.4, 0.5) is 0 Å². The maximum Gasteiger partial charge on any atom is 1.00 e. The van der Waals surface area contributed by atoms with E-state index in [2.05, 4.69) is 6.07 Å². The first-order valence-corrected chi connectivity index (χ1v) is 4.51. The first kappa shape index (κ1) is 11.9. The van der Waals surface area contributed by atoms with Crippen LogP contribution in [-0.2, 0) is 0 Å². The molecule has 0 fully saturated rings. The van der Waals surface area contributed by atoms with Crippen LogP contribution in [0.15, 0.2) is 48.5 Å². The van der Waals surface area contributed by atoms with Gasteiger partial charge in [0.05, 0.1) is 7.11 Å². The molecule has 1 nitrogen and oxygen atoms in total. The number of hydrogen-bond acceptors (Lipinski definition) is 1. The van der Waals surface area contributed by atoms with Crippen molar-refractivity contribution in [2.75, 3.05) is 7.11 Å². The van der Waals surface area contributed by atoms with Crippen molar-refractivity contribution >= 4 is 0 Å². The van der Waals surface area contributed by atoms with Gasteiger partial charge in [-0.3, -0.25) is 0 Å². The van der Waals surface area contributed by atoms with Crippen LogP contribution in [-0.4, -0.2) is 7.11 Å². The molecule has 0 aromatic heterocycles. The van der Waals surface area contributed by atoms with Gasteiger partial charge in [-0.1, -0.05) is 17.7 Å². The maximum atomic E-state index is 5.09. The number of ether oxygens (including phenoxy) is 1. The third-order valence-electron chi connectivity index (χ3n) is 2.11. The molecule has 2 aromatic carbocycles. The van der Waals surface area contributed by atoms with E-state index in [9.17, 15) is 0 Å². The molecule has 0 radical (unpaired) electrons. The topological polar surface area (TPSA) is 9.23 Å². The van der Waals surface area contributed by atoms with Gasteiger partial charge in [-0.2, -0.15) is 0 Å². The van der Waals surface area contributed by atoms with Crippen LogP contribution >= 0.6 is 0 Å². The molecule has 2 heteroatoms. The van der Waals surface area contributed by atoms with E-state index in [1.807, 2.05) is 48.5 Å². The summed E-state index contributed by atoms with van der Waals surface area (Å²) in [6, 6.07) is 19.1. The van der Waals surface area contributed by atoms with Crippen LogP contribution in [0.25, 0.3) is 11.1 Å². The second kappa shape index (κ2) is 5.65. The Hall–Kier alpha value is -1.16. The predicted octanol–water partition coefficient (Wildman–Crippen LogP) is 0.166. The van der Waals surface area contributed by atoms with Crippen molar-refractivity contribution in [1.82, 2.24) is 0 Å². The van der Waals surface area contributed by atoms with Gasteiger partial charge >= 0.3 is 18.9 Å². The van der Waals surface area contributed by atoms with Crippen molar-refractivity contribution in [3.63, 3.8) is 0 Å². The normalized spacial score (nSPS) is 9.13. The molecule has 0 unspecified atom stereocenters. The Morgan fingerprint density at radius 3 is 2.27 bits per heavy atom. The number of rotatable bonds is 2. The number of hydrogen-bond donors (Lipinski definition) is 0. The van der Waals surface area contributed by atoms with Crippen LogP contribution < -0.4 is 23.6 Å². The Balaban J connectivity index is 0.00000112. The van der Waals surface area contributed by atoms with E-state index in [1.165, 1.54) is 0 Å². The average molecular weight is 190 g/mol. The summed E-state index contributed by atoms with van der Waals surface area (Å²) in [5.41, 5.74) is 2.27. The van der Waals surface area contributed by atoms with E-state index in [0.29, 0.717) is 0 Å². The first-order valence-electron chi connectivity index (χ1n) is 4.51. The second-order valence-corrected chi connectivity index (χ2v) is 3.00. The molecule has 0 aliphatic carbocycles. The zero-order chi connectivity index (χ0) is 9.80. The smallest absolute Gasteiger partial charge is 0.497 e. The summed E-state index contributed by atoms with van der Waals surface area (Å²) in [4.78, 5) is 0. The molecule has 0 heterocycles. The minimum Gasteiger partial charge on any atom is -0.497 e. The number of methoxy groups -OCH3 is 1. The molecular weight excluding hydrogens is 179 g/mol. The fourth-order valence-corrected chi connectivity index (χ4v) is 1.34. The van der Waals surface area contributed by atoms with Crippen molar-refractivity contribution in [2.45, 2.75) is 0 Å². The molecule has 0 atom stereocenters. The molecule has 15 heavy (non-hydrogen) atoms. The quantitative estimate of drug-likeness (QED) is 0.484. The van der Waals surface area contributed by atoms with Crippen LogP contribution in [0.3, 0.4) is 0 Å². The molecular formula is C13H11LiO. The zero-order valence-electron chi connectivity index (χ0n) is 9.03. The van der Waals surface area contributed by atoms with Crippen molar-refractivity contribution in [3.8, 4) is 16.9 Å².